The van der Waals surface area contributed by atoms with E-state index in [0.29, 0.717) is 11.7 Å². The maximum Gasteiger partial charge on any atom is 0.0506 e. The zero-order valence-corrected chi connectivity index (χ0v) is 11.9. The van der Waals surface area contributed by atoms with E-state index in [1.54, 1.807) is 6.20 Å². The van der Waals surface area contributed by atoms with Gasteiger partial charge in [0.25, 0.3) is 0 Å². The molecule has 1 aromatic carbocycles. The molecule has 0 aliphatic carbocycles. The minimum atomic E-state index is 0.478. The van der Waals surface area contributed by atoms with Crippen LogP contribution in [0.5, 0.6) is 0 Å². The number of anilines is 1. The zero-order chi connectivity index (χ0) is 13.9. The molecule has 2 aromatic rings. The number of rotatable bonds is 3. The Bertz CT molecular complexity index is 588. The molecule has 2 N–H and O–H groups in total. The summed E-state index contributed by atoms with van der Waals surface area (Å²) in [6.45, 7) is 4.72. The van der Waals surface area contributed by atoms with E-state index >= 15 is 0 Å². The van der Waals surface area contributed by atoms with Gasteiger partial charge in [-0.25, -0.2) is 0 Å². The molecule has 1 aliphatic rings. The third-order valence-electron chi connectivity index (χ3n) is 4.15. The van der Waals surface area contributed by atoms with Crippen molar-refractivity contribution in [2.75, 3.05) is 18.8 Å². The fraction of sp³-hybridized carbons (Fsp3) is 0.353. The second-order valence-electron chi connectivity index (χ2n) is 5.55. The lowest BCUT2D eigenvalue weighted by Gasteiger charge is -2.24. The van der Waals surface area contributed by atoms with Crippen LogP contribution >= 0.6 is 0 Å². The lowest BCUT2D eigenvalue weighted by molar-refractivity contribution is 0.263. The molecule has 104 valence electrons. The summed E-state index contributed by atoms with van der Waals surface area (Å²) >= 11 is 0. The van der Waals surface area contributed by atoms with Gasteiger partial charge >= 0.3 is 0 Å². The van der Waals surface area contributed by atoms with Gasteiger partial charge in [0.05, 0.1) is 5.69 Å². The highest BCUT2D eigenvalue weighted by Crippen LogP contribution is 2.28. The third-order valence-corrected chi connectivity index (χ3v) is 4.15. The molecule has 0 bridgehead atoms. The van der Waals surface area contributed by atoms with E-state index in [1.807, 2.05) is 12.3 Å². The Morgan fingerprint density at radius 2 is 1.90 bits per heavy atom. The first-order valence-electron chi connectivity index (χ1n) is 7.29. The molecule has 0 radical (unpaired) electrons. The van der Waals surface area contributed by atoms with Gasteiger partial charge in [0.15, 0.2) is 0 Å². The lowest BCUT2D eigenvalue weighted by atomic mass is 10.0. The highest BCUT2D eigenvalue weighted by Gasteiger charge is 2.19. The quantitative estimate of drug-likeness (QED) is 0.925. The molecule has 0 saturated carbocycles. The van der Waals surface area contributed by atoms with Crippen LogP contribution in [0.3, 0.4) is 0 Å². The SMILES string of the molecule is CC(c1cccc(-c2cncc(N)c2)c1)N1CCCC1. The Balaban J connectivity index is 1.89. The normalized spacial score (nSPS) is 17.2. The molecule has 20 heavy (non-hydrogen) atoms. The van der Waals surface area contributed by atoms with Crippen LogP contribution < -0.4 is 5.73 Å². The summed E-state index contributed by atoms with van der Waals surface area (Å²) in [6, 6.07) is 11.2. The number of nitrogen functional groups attached to an aromatic ring is 1. The highest BCUT2D eigenvalue weighted by atomic mass is 15.2. The summed E-state index contributed by atoms with van der Waals surface area (Å²) in [6.07, 6.45) is 6.20. The second-order valence-corrected chi connectivity index (χ2v) is 5.55. The average molecular weight is 267 g/mol. The van der Waals surface area contributed by atoms with E-state index in [2.05, 4.69) is 41.1 Å². The van der Waals surface area contributed by atoms with Gasteiger partial charge in [0.2, 0.25) is 0 Å². The molecule has 1 unspecified atom stereocenters. The number of pyridine rings is 1. The van der Waals surface area contributed by atoms with Gasteiger partial charge in [0.1, 0.15) is 0 Å². The molecule has 0 amide bonds. The fourth-order valence-corrected chi connectivity index (χ4v) is 2.93. The van der Waals surface area contributed by atoms with Gasteiger partial charge in [-0.3, -0.25) is 9.88 Å². The molecular weight excluding hydrogens is 246 g/mol. The number of benzene rings is 1. The topological polar surface area (TPSA) is 42.1 Å². The van der Waals surface area contributed by atoms with Crippen LogP contribution in [0.4, 0.5) is 5.69 Å². The summed E-state index contributed by atoms with van der Waals surface area (Å²) in [4.78, 5) is 6.73. The van der Waals surface area contributed by atoms with E-state index in [4.69, 9.17) is 5.73 Å². The summed E-state index contributed by atoms with van der Waals surface area (Å²) in [7, 11) is 0. The fourth-order valence-electron chi connectivity index (χ4n) is 2.93. The molecule has 3 rings (SSSR count). The van der Waals surface area contributed by atoms with Crippen molar-refractivity contribution in [2.45, 2.75) is 25.8 Å². The number of likely N-dealkylation sites (tertiary alicyclic amines) is 1. The van der Waals surface area contributed by atoms with Crippen molar-refractivity contribution in [1.82, 2.24) is 9.88 Å². The number of hydrogen-bond donors (Lipinski definition) is 1. The minimum Gasteiger partial charge on any atom is -0.397 e. The van der Waals surface area contributed by atoms with Gasteiger partial charge < -0.3 is 5.73 Å². The van der Waals surface area contributed by atoms with Crippen molar-refractivity contribution in [3.05, 3.63) is 48.3 Å². The van der Waals surface area contributed by atoms with Gasteiger partial charge in [-0.2, -0.15) is 0 Å². The number of aromatic nitrogens is 1. The van der Waals surface area contributed by atoms with Crippen molar-refractivity contribution in [3.8, 4) is 11.1 Å². The second kappa shape index (κ2) is 5.63. The van der Waals surface area contributed by atoms with Gasteiger partial charge in [-0.05, 0) is 56.1 Å². The Kier molecular flexibility index (Phi) is 3.70. The van der Waals surface area contributed by atoms with Crippen molar-refractivity contribution in [1.29, 1.82) is 0 Å². The van der Waals surface area contributed by atoms with Crippen LogP contribution in [0.15, 0.2) is 42.7 Å². The predicted molar refractivity (Wildman–Crippen MR) is 83.3 cm³/mol. The van der Waals surface area contributed by atoms with Crippen LogP contribution in [0, 0.1) is 0 Å². The first-order valence-corrected chi connectivity index (χ1v) is 7.29. The van der Waals surface area contributed by atoms with Crippen molar-refractivity contribution >= 4 is 5.69 Å². The molecule has 1 saturated heterocycles. The molecule has 1 aliphatic heterocycles. The van der Waals surface area contributed by atoms with E-state index in [0.717, 1.165) is 5.56 Å². The standard InChI is InChI=1S/C17H21N3/c1-13(20-7-2-3-8-20)14-5-4-6-15(9-14)16-10-17(18)12-19-11-16/h4-6,9-13H,2-3,7-8,18H2,1H3. The molecule has 1 aromatic heterocycles. The van der Waals surface area contributed by atoms with Gasteiger partial charge in [-0.1, -0.05) is 18.2 Å². The Morgan fingerprint density at radius 3 is 2.65 bits per heavy atom. The summed E-state index contributed by atoms with van der Waals surface area (Å²) in [5, 5.41) is 0. The summed E-state index contributed by atoms with van der Waals surface area (Å²) < 4.78 is 0. The Morgan fingerprint density at radius 1 is 1.10 bits per heavy atom. The van der Waals surface area contributed by atoms with E-state index in [1.165, 1.54) is 37.1 Å². The number of hydrogen-bond acceptors (Lipinski definition) is 3. The lowest BCUT2D eigenvalue weighted by Crippen LogP contribution is -2.23. The molecular formula is C17H21N3. The van der Waals surface area contributed by atoms with Crippen molar-refractivity contribution in [3.63, 3.8) is 0 Å². The molecule has 3 heteroatoms. The molecule has 1 fully saturated rings. The largest absolute Gasteiger partial charge is 0.397 e. The molecule has 2 heterocycles. The van der Waals surface area contributed by atoms with Crippen LogP contribution in [0.25, 0.3) is 11.1 Å². The van der Waals surface area contributed by atoms with E-state index in [9.17, 15) is 0 Å². The van der Waals surface area contributed by atoms with Crippen LogP contribution in [-0.4, -0.2) is 23.0 Å². The summed E-state index contributed by atoms with van der Waals surface area (Å²) in [5.41, 5.74) is 10.2. The number of nitrogens with zero attached hydrogens (tertiary/aromatic N) is 2. The third kappa shape index (κ3) is 2.68. The van der Waals surface area contributed by atoms with Gasteiger partial charge in [-0.15, -0.1) is 0 Å². The molecule has 3 nitrogen and oxygen atoms in total. The van der Waals surface area contributed by atoms with E-state index in [-0.39, 0.29) is 0 Å². The Labute approximate surface area is 120 Å². The Hall–Kier alpha value is -1.87. The van der Waals surface area contributed by atoms with Crippen LogP contribution in [0.1, 0.15) is 31.4 Å². The smallest absolute Gasteiger partial charge is 0.0506 e. The zero-order valence-electron chi connectivity index (χ0n) is 11.9. The molecule has 1 atom stereocenters. The van der Waals surface area contributed by atoms with Crippen LogP contribution in [0.2, 0.25) is 0 Å². The number of nitrogens with two attached hydrogens (primary N) is 1. The van der Waals surface area contributed by atoms with Crippen molar-refractivity contribution < 1.29 is 0 Å². The summed E-state index contributed by atoms with van der Waals surface area (Å²) in [5.74, 6) is 0. The van der Waals surface area contributed by atoms with Gasteiger partial charge in [0, 0.05) is 24.0 Å². The average Bonchev–Trinajstić information content (AvgIpc) is 3.01. The maximum atomic E-state index is 5.82. The predicted octanol–water partition coefficient (Wildman–Crippen LogP) is 3.49. The maximum absolute atomic E-state index is 5.82. The monoisotopic (exact) mass is 267 g/mol. The first-order chi connectivity index (χ1) is 9.74. The van der Waals surface area contributed by atoms with Crippen molar-refractivity contribution in [2.24, 2.45) is 0 Å². The highest BCUT2D eigenvalue weighted by molar-refractivity contribution is 5.66. The minimum absolute atomic E-state index is 0.478. The van der Waals surface area contributed by atoms with Crippen LogP contribution in [-0.2, 0) is 0 Å². The first kappa shape index (κ1) is 13.1. The van der Waals surface area contributed by atoms with E-state index < -0.39 is 0 Å². The molecule has 0 spiro atoms.